The number of benzene rings is 1. The van der Waals surface area contributed by atoms with Crippen LogP contribution in [0.5, 0.6) is 0 Å². The molecule has 0 aromatic heterocycles. The number of alkyl halides is 3. The second-order valence-electron chi connectivity index (χ2n) is 8.71. The second kappa shape index (κ2) is 8.31. The molecular formula is C21H27F3N4O3. The number of ether oxygens (including phenoxy) is 1. The number of amides is 2. The molecule has 1 spiro atoms. The van der Waals surface area contributed by atoms with Gasteiger partial charge < -0.3 is 29.5 Å². The number of piperidine rings is 1. The van der Waals surface area contributed by atoms with E-state index in [1.807, 2.05) is 16.8 Å². The lowest BCUT2D eigenvalue weighted by atomic mass is 9.72. The highest BCUT2D eigenvalue weighted by Crippen LogP contribution is 2.43. The van der Waals surface area contributed by atoms with Crippen LogP contribution in [0.4, 0.5) is 23.7 Å². The molecule has 1 N–H and O–H groups in total. The Kier molecular flexibility index (Phi) is 5.87. The number of carbonyl (C=O) groups excluding carboxylic acids is 2. The van der Waals surface area contributed by atoms with E-state index in [0.29, 0.717) is 51.4 Å². The molecule has 3 saturated heterocycles. The van der Waals surface area contributed by atoms with Crippen LogP contribution >= 0.6 is 0 Å². The minimum absolute atomic E-state index is 0.0165. The molecule has 3 heterocycles. The lowest BCUT2D eigenvalue weighted by Crippen LogP contribution is -2.74. The summed E-state index contributed by atoms with van der Waals surface area (Å²) < 4.78 is 44.4. The first-order chi connectivity index (χ1) is 14.7. The Morgan fingerprint density at radius 1 is 1.26 bits per heavy atom. The minimum Gasteiger partial charge on any atom is -0.370 e. The van der Waals surface area contributed by atoms with Gasteiger partial charge in [0.25, 0.3) is 0 Å². The van der Waals surface area contributed by atoms with E-state index in [9.17, 15) is 22.8 Å². The summed E-state index contributed by atoms with van der Waals surface area (Å²) in [7, 11) is 1.81. The topological polar surface area (TPSA) is 65.1 Å². The molecule has 2 atom stereocenters. The molecule has 0 aliphatic carbocycles. The minimum atomic E-state index is -4.35. The van der Waals surface area contributed by atoms with Crippen molar-refractivity contribution < 1.29 is 27.5 Å². The maximum absolute atomic E-state index is 12.9. The number of nitrogens with zero attached hydrogens (tertiary/aromatic N) is 3. The summed E-state index contributed by atoms with van der Waals surface area (Å²) in [5.74, 6) is 0. The first kappa shape index (κ1) is 21.9. The Morgan fingerprint density at radius 3 is 2.65 bits per heavy atom. The summed E-state index contributed by atoms with van der Waals surface area (Å²) in [5, 5.41) is 3.16. The molecule has 1 aromatic rings. The van der Waals surface area contributed by atoms with Crippen LogP contribution in [0.15, 0.2) is 24.3 Å². The summed E-state index contributed by atoms with van der Waals surface area (Å²) in [6.07, 6.45) is -3.07. The summed E-state index contributed by atoms with van der Waals surface area (Å²) >= 11 is 0. The first-order valence-electron chi connectivity index (χ1n) is 10.4. The van der Waals surface area contributed by atoms with Gasteiger partial charge >= 0.3 is 12.2 Å². The number of likely N-dealkylation sites (N-methyl/N-ethyl adjacent to an activating group) is 1. The van der Waals surface area contributed by atoms with Gasteiger partial charge in [0.15, 0.2) is 0 Å². The smallest absolute Gasteiger partial charge is 0.370 e. The second-order valence-corrected chi connectivity index (χ2v) is 8.71. The summed E-state index contributed by atoms with van der Waals surface area (Å²) in [6, 6.07) is 5.33. The zero-order valence-electron chi connectivity index (χ0n) is 17.4. The van der Waals surface area contributed by atoms with Gasteiger partial charge in [0.2, 0.25) is 0 Å². The monoisotopic (exact) mass is 440 g/mol. The molecular weight excluding hydrogens is 413 g/mol. The summed E-state index contributed by atoms with van der Waals surface area (Å²) in [4.78, 5) is 29.0. The Labute approximate surface area is 179 Å². The van der Waals surface area contributed by atoms with E-state index in [-0.39, 0.29) is 30.2 Å². The molecule has 10 heteroatoms. The van der Waals surface area contributed by atoms with Crippen LogP contribution in [0.25, 0.3) is 0 Å². The van der Waals surface area contributed by atoms with Crippen molar-refractivity contribution in [2.24, 2.45) is 5.41 Å². The van der Waals surface area contributed by atoms with Crippen molar-refractivity contribution in [3.63, 3.8) is 0 Å². The van der Waals surface area contributed by atoms with E-state index in [1.54, 1.807) is 11.0 Å². The molecule has 170 valence electrons. The molecule has 3 aliphatic heterocycles. The fourth-order valence-electron chi connectivity index (χ4n) is 4.87. The molecule has 3 fully saturated rings. The zero-order chi connectivity index (χ0) is 22.2. The van der Waals surface area contributed by atoms with Gasteiger partial charge in [-0.05, 0) is 31.7 Å². The third-order valence-electron chi connectivity index (χ3n) is 6.48. The predicted octanol–water partition coefficient (Wildman–Crippen LogP) is 1.83. The predicted molar refractivity (Wildman–Crippen MR) is 108 cm³/mol. The van der Waals surface area contributed by atoms with Crippen LogP contribution < -0.4 is 10.2 Å². The lowest BCUT2D eigenvalue weighted by molar-refractivity contribution is -0.137. The van der Waals surface area contributed by atoms with Gasteiger partial charge in [-0.1, -0.05) is 6.07 Å². The van der Waals surface area contributed by atoms with Crippen molar-refractivity contribution in [1.29, 1.82) is 0 Å². The molecule has 2 amide bonds. The number of likely N-dealkylation sites (tertiary alicyclic amines) is 2. The number of rotatable bonds is 5. The number of hydrogen-bond acceptors (Lipinski definition) is 5. The van der Waals surface area contributed by atoms with Gasteiger partial charge in [0.1, 0.15) is 12.9 Å². The van der Waals surface area contributed by atoms with Crippen molar-refractivity contribution in [3.8, 4) is 0 Å². The maximum Gasteiger partial charge on any atom is 0.416 e. The molecule has 0 unspecified atom stereocenters. The zero-order valence-corrected chi connectivity index (χ0v) is 17.4. The third kappa shape index (κ3) is 4.36. The highest BCUT2D eigenvalue weighted by molar-refractivity contribution is 5.76. The van der Waals surface area contributed by atoms with Gasteiger partial charge in [-0.15, -0.1) is 0 Å². The highest BCUT2D eigenvalue weighted by Gasteiger charge is 2.54. The number of hydrogen-bond donors (Lipinski definition) is 1. The normalized spacial score (nSPS) is 25.2. The average Bonchev–Trinajstić information content (AvgIpc) is 2.69. The van der Waals surface area contributed by atoms with Crippen LogP contribution in [-0.2, 0) is 15.7 Å². The van der Waals surface area contributed by atoms with Gasteiger partial charge in [-0.3, -0.25) is 0 Å². The van der Waals surface area contributed by atoms with E-state index < -0.39 is 11.7 Å². The first-order valence-corrected chi connectivity index (χ1v) is 10.4. The SMILES string of the molecule is CN[C@@H]1CN(C(=O)N2CC3(C2)CN(c2cccc(C(F)(F)F)c2)C3)CC[C@@H]1OCC=O. The van der Waals surface area contributed by atoms with Crippen molar-refractivity contribution in [2.45, 2.75) is 24.7 Å². The van der Waals surface area contributed by atoms with Gasteiger partial charge in [0, 0.05) is 50.4 Å². The number of aldehydes is 1. The van der Waals surface area contributed by atoms with Crippen LogP contribution in [0.1, 0.15) is 12.0 Å². The van der Waals surface area contributed by atoms with Crippen LogP contribution in [0.2, 0.25) is 0 Å². The Bertz CT molecular complexity index is 820. The van der Waals surface area contributed by atoms with E-state index in [2.05, 4.69) is 5.32 Å². The molecule has 31 heavy (non-hydrogen) atoms. The standard InChI is InChI=1S/C21H27F3N4O3/c1-25-17-10-26(6-5-18(17)31-8-7-29)19(30)28-13-20(14-28)11-27(12-20)16-4-2-3-15(9-16)21(22,23)24/h2-4,7,9,17-18,25H,5-6,8,10-14H2,1H3/t17-,18+/m1/s1. The molecule has 4 rings (SSSR count). The Morgan fingerprint density at radius 2 is 2.00 bits per heavy atom. The van der Waals surface area contributed by atoms with Crippen molar-refractivity contribution in [1.82, 2.24) is 15.1 Å². The number of anilines is 1. The van der Waals surface area contributed by atoms with E-state index >= 15 is 0 Å². The van der Waals surface area contributed by atoms with Gasteiger partial charge in [-0.25, -0.2) is 4.79 Å². The molecule has 0 bridgehead atoms. The van der Waals surface area contributed by atoms with E-state index in [4.69, 9.17) is 4.74 Å². The number of carbonyl (C=O) groups is 2. The van der Waals surface area contributed by atoms with E-state index in [1.165, 1.54) is 12.1 Å². The van der Waals surface area contributed by atoms with Crippen LogP contribution in [0, 0.1) is 5.41 Å². The number of halogens is 3. The van der Waals surface area contributed by atoms with Crippen molar-refractivity contribution in [3.05, 3.63) is 29.8 Å². The third-order valence-corrected chi connectivity index (χ3v) is 6.48. The maximum atomic E-state index is 12.9. The molecule has 0 radical (unpaired) electrons. The lowest BCUT2D eigenvalue weighted by Gasteiger charge is -2.61. The fourth-order valence-corrected chi connectivity index (χ4v) is 4.87. The fraction of sp³-hybridized carbons (Fsp3) is 0.619. The highest BCUT2D eigenvalue weighted by atomic mass is 19.4. The van der Waals surface area contributed by atoms with Gasteiger partial charge in [-0.2, -0.15) is 13.2 Å². The van der Waals surface area contributed by atoms with E-state index in [0.717, 1.165) is 12.4 Å². The van der Waals surface area contributed by atoms with Crippen LogP contribution in [-0.4, -0.2) is 87.2 Å². The number of urea groups is 1. The molecule has 7 nitrogen and oxygen atoms in total. The quantitative estimate of drug-likeness (QED) is 0.708. The Hall–Kier alpha value is -2.33. The summed E-state index contributed by atoms with van der Waals surface area (Å²) in [5.41, 5.74) is -0.104. The van der Waals surface area contributed by atoms with Crippen molar-refractivity contribution >= 4 is 18.0 Å². The molecule has 1 aromatic carbocycles. The molecule has 0 saturated carbocycles. The number of nitrogens with one attached hydrogen (secondary N) is 1. The molecule has 3 aliphatic rings. The van der Waals surface area contributed by atoms with Crippen molar-refractivity contribution in [2.75, 3.05) is 57.8 Å². The van der Waals surface area contributed by atoms with Gasteiger partial charge in [0.05, 0.1) is 17.7 Å². The Balaban J connectivity index is 1.27. The summed E-state index contributed by atoms with van der Waals surface area (Å²) in [6.45, 7) is 3.67. The average molecular weight is 440 g/mol. The van der Waals surface area contributed by atoms with Crippen LogP contribution in [0.3, 0.4) is 0 Å². The largest absolute Gasteiger partial charge is 0.416 e.